The van der Waals surface area contributed by atoms with E-state index in [2.05, 4.69) is 5.32 Å². The topological polar surface area (TPSA) is 140 Å². The van der Waals surface area contributed by atoms with Crippen LogP contribution < -0.4 is 11.1 Å². The summed E-state index contributed by atoms with van der Waals surface area (Å²) in [6, 6.07) is 14.5. The molecule has 2 aromatic rings. The third-order valence-electron chi connectivity index (χ3n) is 7.02. The van der Waals surface area contributed by atoms with E-state index in [0.717, 1.165) is 18.4 Å². The normalized spacial score (nSPS) is 22.8. The predicted octanol–water partition coefficient (Wildman–Crippen LogP) is 2.77. The van der Waals surface area contributed by atoms with Gasteiger partial charge in [0, 0.05) is 31.3 Å². The number of nitrogen functional groups attached to an aromatic ring is 1. The summed E-state index contributed by atoms with van der Waals surface area (Å²) < 4.78 is 45.3. The van der Waals surface area contributed by atoms with Crippen molar-refractivity contribution >= 4 is 21.8 Å². The Kier molecular flexibility index (Phi) is 9.84. The average molecular weight is 562 g/mol. The molecule has 10 nitrogen and oxygen atoms in total. The van der Waals surface area contributed by atoms with Gasteiger partial charge in [-0.1, -0.05) is 44.2 Å². The second kappa shape index (κ2) is 13.1. The molecule has 2 aromatic carbocycles. The summed E-state index contributed by atoms with van der Waals surface area (Å²) in [5, 5.41) is 14.2. The zero-order valence-corrected chi connectivity index (χ0v) is 23.3. The molecule has 4 rings (SSSR count). The van der Waals surface area contributed by atoms with Gasteiger partial charge in [0.05, 0.1) is 23.6 Å². The van der Waals surface area contributed by atoms with Gasteiger partial charge in [-0.15, -0.1) is 0 Å². The number of aliphatic hydroxyl groups excluding tert-OH is 1. The summed E-state index contributed by atoms with van der Waals surface area (Å²) in [5.74, 6) is -0.0344. The van der Waals surface area contributed by atoms with Crippen LogP contribution in [0.4, 0.5) is 10.5 Å². The van der Waals surface area contributed by atoms with Crippen LogP contribution in [-0.4, -0.2) is 74.8 Å². The van der Waals surface area contributed by atoms with Crippen molar-refractivity contribution in [2.75, 3.05) is 32.0 Å². The van der Waals surface area contributed by atoms with Gasteiger partial charge in [0.1, 0.15) is 6.10 Å². The molecule has 0 spiro atoms. The number of fused-ring (bicyclic) bond motifs is 1. The molecule has 2 aliphatic rings. The smallest absolute Gasteiger partial charge is 0.407 e. The van der Waals surface area contributed by atoms with Gasteiger partial charge in [-0.25, -0.2) is 13.2 Å². The fourth-order valence-corrected chi connectivity index (χ4v) is 6.64. The number of sulfonamides is 1. The van der Waals surface area contributed by atoms with Gasteiger partial charge in [-0.2, -0.15) is 4.31 Å². The van der Waals surface area contributed by atoms with E-state index in [0.29, 0.717) is 12.3 Å². The van der Waals surface area contributed by atoms with Gasteiger partial charge in [0.25, 0.3) is 0 Å². The van der Waals surface area contributed by atoms with Crippen LogP contribution >= 0.6 is 0 Å². The van der Waals surface area contributed by atoms with Crippen LogP contribution in [0.25, 0.3) is 0 Å². The van der Waals surface area contributed by atoms with Crippen LogP contribution in [0.15, 0.2) is 59.5 Å². The summed E-state index contributed by atoms with van der Waals surface area (Å²) in [4.78, 5) is 13.1. The first-order valence-corrected chi connectivity index (χ1v) is 14.9. The Hall–Kier alpha value is -2.70. The Morgan fingerprint density at radius 1 is 1.13 bits per heavy atom. The highest BCUT2D eigenvalue weighted by Crippen LogP contribution is 2.32. The molecular weight excluding hydrogens is 522 g/mol. The molecule has 11 heteroatoms. The Bertz CT molecular complexity index is 1180. The minimum Gasteiger partial charge on any atom is -0.443 e. The molecule has 0 radical (unpaired) electrons. The minimum atomic E-state index is -3.93. The number of nitrogens with two attached hydrogens (primary N) is 1. The van der Waals surface area contributed by atoms with Crippen LogP contribution in [0.3, 0.4) is 0 Å². The summed E-state index contributed by atoms with van der Waals surface area (Å²) in [7, 11) is -3.93. The molecule has 0 bridgehead atoms. The number of hydrogen-bond donors (Lipinski definition) is 3. The first-order chi connectivity index (χ1) is 18.6. The summed E-state index contributed by atoms with van der Waals surface area (Å²) in [6.07, 6.45) is -0.734. The van der Waals surface area contributed by atoms with E-state index in [-0.39, 0.29) is 49.1 Å². The van der Waals surface area contributed by atoms with Crippen molar-refractivity contribution in [3.05, 3.63) is 60.2 Å². The maximum Gasteiger partial charge on any atom is 0.407 e. The fourth-order valence-electron chi connectivity index (χ4n) is 5.02. The SMILES string of the molecule is CC(C)CN(CC(O)C(Cc1ccccc1)NC(=O)O[C@@H]1CO[C@@H]2OCCC[C@@H]21)S(=O)(=O)c1ccc(N)cc1. The van der Waals surface area contributed by atoms with Gasteiger partial charge in [0.15, 0.2) is 6.29 Å². The molecule has 4 N–H and O–H groups in total. The lowest BCUT2D eigenvalue weighted by Gasteiger charge is -2.31. The van der Waals surface area contributed by atoms with E-state index >= 15 is 0 Å². The number of ether oxygens (including phenoxy) is 3. The highest BCUT2D eigenvalue weighted by molar-refractivity contribution is 7.89. The van der Waals surface area contributed by atoms with Crippen molar-refractivity contribution in [1.82, 2.24) is 9.62 Å². The van der Waals surface area contributed by atoms with Gasteiger partial charge >= 0.3 is 6.09 Å². The first-order valence-electron chi connectivity index (χ1n) is 13.4. The van der Waals surface area contributed by atoms with Crippen LogP contribution in [-0.2, 0) is 30.7 Å². The molecule has 214 valence electrons. The standard InChI is InChI=1S/C28H39N3O7S/c1-19(2)16-31(39(34,35)22-12-10-21(29)11-13-22)17-25(32)24(15-20-7-4-3-5-8-20)30-28(33)38-26-18-37-27-23(26)9-6-14-36-27/h3-5,7-8,10-13,19,23-27,32H,6,9,14-18,29H2,1-2H3,(H,30,33)/t23-,24?,25?,26-,27+/m1/s1. The number of hydrogen-bond acceptors (Lipinski definition) is 8. The lowest BCUT2D eigenvalue weighted by atomic mass is 9.97. The van der Waals surface area contributed by atoms with Gasteiger partial charge in [0.2, 0.25) is 10.0 Å². The van der Waals surface area contributed by atoms with Crippen molar-refractivity contribution in [3.8, 4) is 0 Å². The third kappa shape index (κ3) is 7.70. The second-order valence-corrected chi connectivity index (χ2v) is 12.6. The molecular formula is C28H39N3O7S. The van der Waals surface area contributed by atoms with Crippen molar-refractivity contribution in [2.24, 2.45) is 11.8 Å². The largest absolute Gasteiger partial charge is 0.443 e. The number of aliphatic hydroxyl groups is 1. The van der Waals surface area contributed by atoms with E-state index in [1.165, 1.54) is 28.6 Å². The molecule has 2 fully saturated rings. The van der Waals surface area contributed by atoms with E-state index in [1.807, 2.05) is 44.2 Å². The molecule has 1 amide bonds. The first kappa shape index (κ1) is 29.3. The summed E-state index contributed by atoms with van der Waals surface area (Å²) in [6.45, 7) is 4.65. The highest BCUT2D eigenvalue weighted by Gasteiger charge is 2.42. The van der Waals surface area contributed by atoms with Gasteiger partial charge < -0.3 is 30.4 Å². The van der Waals surface area contributed by atoms with E-state index < -0.39 is 34.4 Å². The zero-order valence-electron chi connectivity index (χ0n) is 22.4. The van der Waals surface area contributed by atoms with Crippen molar-refractivity contribution in [1.29, 1.82) is 0 Å². The van der Waals surface area contributed by atoms with Crippen LogP contribution in [0.5, 0.6) is 0 Å². The number of alkyl carbamates (subject to hydrolysis) is 1. The Labute approximate surface area is 230 Å². The molecule has 2 unspecified atom stereocenters. The number of carbonyl (C=O) groups excluding carboxylic acids is 1. The number of amides is 1. The molecule has 0 aliphatic carbocycles. The minimum absolute atomic E-state index is 0.000668. The molecule has 0 aromatic heterocycles. The number of carbonyl (C=O) groups is 1. The Morgan fingerprint density at radius 2 is 1.85 bits per heavy atom. The van der Waals surface area contributed by atoms with E-state index in [9.17, 15) is 18.3 Å². The third-order valence-corrected chi connectivity index (χ3v) is 8.86. The highest BCUT2D eigenvalue weighted by atomic mass is 32.2. The van der Waals surface area contributed by atoms with E-state index in [4.69, 9.17) is 19.9 Å². The van der Waals surface area contributed by atoms with Crippen molar-refractivity contribution in [3.63, 3.8) is 0 Å². The maximum absolute atomic E-state index is 13.5. The van der Waals surface area contributed by atoms with Crippen molar-refractivity contribution < 1.29 is 32.5 Å². The predicted molar refractivity (Wildman–Crippen MR) is 146 cm³/mol. The molecule has 2 aliphatic heterocycles. The van der Waals surface area contributed by atoms with Gasteiger partial charge in [-0.05, 0) is 55.0 Å². The quantitative estimate of drug-likeness (QED) is 0.356. The molecule has 5 atom stereocenters. The number of nitrogens with one attached hydrogen (secondary N) is 1. The van der Waals surface area contributed by atoms with Gasteiger partial charge in [-0.3, -0.25) is 0 Å². The average Bonchev–Trinajstić information content (AvgIpc) is 3.31. The molecule has 2 heterocycles. The lowest BCUT2D eigenvalue weighted by Crippen LogP contribution is -2.51. The molecule has 39 heavy (non-hydrogen) atoms. The maximum atomic E-state index is 13.5. The second-order valence-electron chi connectivity index (χ2n) is 10.6. The Balaban J connectivity index is 1.50. The number of anilines is 1. The van der Waals surface area contributed by atoms with Crippen molar-refractivity contribution in [2.45, 2.75) is 62.5 Å². The molecule has 0 saturated carbocycles. The number of nitrogens with zero attached hydrogens (tertiary/aromatic N) is 1. The zero-order chi connectivity index (χ0) is 28.0. The van der Waals surface area contributed by atoms with Crippen LogP contribution in [0.1, 0.15) is 32.3 Å². The molecule has 2 saturated heterocycles. The lowest BCUT2D eigenvalue weighted by molar-refractivity contribution is -0.152. The monoisotopic (exact) mass is 561 g/mol. The van der Waals surface area contributed by atoms with Crippen LogP contribution in [0.2, 0.25) is 0 Å². The summed E-state index contributed by atoms with van der Waals surface area (Å²) >= 11 is 0. The Morgan fingerprint density at radius 3 is 2.54 bits per heavy atom. The fraction of sp³-hybridized carbons (Fsp3) is 0.536. The number of rotatable bonds is 11. The number of benzene rings is 2. The summed E-state index contributed by atoms with van der Waals surface area (Å²) in [5.41, 5.74) is 7.08. The van der Waals surface area contributed by atoms with Crippen LogP contribution in [0, 0.1) is 11.8 Å². The van der Waals surface area contributed by atoms with E-state index in [1.54, 1.807) is 0 Å².